The summed E-state index contributed by atoms with van der Waals surface area (Å²) in [6.45, 7) is 4.77. The maximum atomic E-state index is 13.1. The number of hydrogen-bond donors (Lipinski definition) is 0. The van der Waals surface area contributed by atoms with E-state index in [0.717, 1.165) is 33.0 Å². The molecule has 1 amide bonds. The van der Waals surface area contributed by atoms with Gasteiger partial charge in [0, 0.05) is 43.1 Å². The van der Waals surface area contributed by atoms with Gasteiger partial charge >= 0.3 is 12.1 Å². The number of halogens is 4. The van der Waals surface area contributed by atoms with Crippen molar-refractivity contribution in [3.05, 3.63) is 41.3 Å². The SMILES string of the molecule is Cc1noc(C)c1-c1ccc(C2CC2N(CC2CN(Cl)C2)C(=O)C(F)(F)F)cc1. The van der Waals surface area contributed by atoms with E-state index in [9.17, 15) is 18.0 Å². The zero-order valence-corrected chi connectivity index (χ0v) is 16.8. The maximum absolute atomic E-state index is 13.1. The summed E-state index contributed by atoms with van der Waals surface area (Å²) in [7, 11) is 0. The van der Waals surface area contributed by atoms with Gasteiger partial charge in [0.15, 0.2) is 0 Å². The zero-order chi connectivity index (χ0) is 20.9. The predicted molar refractivity (Wildman–Crippen MR) is 101 cm³/mol. The van der Waals surface area contributed by atoms with E-state index in [2.05, 4.69) is 5.16 Å². The highest BCUT2D eigenvalue weighted by molar-refractivity contribution is 6.13. The Labute approximate surface area is 171 Å². The van der Waals surface area contributed by atoms with E-state index in [4.69, 9.17) is 16.3 Å². The molecule has 0 N–H and O–H groups in total. The van der Waals surface area contributed by atoms with Crippen molar-refractivity contribution in [2.45, 2.75) is 38.4 Å². The minimum Gasteiger partial charge on any atom is -0.361 e. The number of carbonyl (C=O) groups excluding carboxylic acids is 1. The molecule has 2 unspecified atom stereocenters. The van der Waals surface area contributed by atoms with E-state index in [0.29, 0.717) is 19.5 Å². The van der Waals surface area contributed by atoms with E-state index in [-0.39, 0.29) is 18.4 Å². The molecule has 2 aliphatic rings. The van der Waals surface area contributed by atoms with Gasteiger partial charge in [0.05, 0.1) is 5.69 Å². The van der Waals surface area contributed by atoms with Crippen LogP contribution >= 0.6 is 11.8 Å². The maximum Gasteiger partial charge on any atom is 0.471 e. The number of nitrogens with zero attached hydrogens (tertiary/aromatic N) is 3. The molecule has 0 radical (unpaired) electrons. The molecule has 2 heterocycles. The molecule has 1 aromatic carbocycles. The average Bonchev–Trinajstić information content (AvgIpc) is 3.35. The fraction of sp³-hybridized carbons (Fsp3) is 0.500. The van der Waals surface area contributed by atoms with E-state index >= 15 is 0 Å². The third kappa shape index (κ3) is 4.00. The van der Waals surface area contributed by atoms with Gasteiger partial charge in [0.2, 0.25) is 0 Å². The number of hydrogen-bond acceptors (Lipinski definition) is 4. The van der Waals surface area contributed by atoms with E-state index in [1.807, 2.05) is 38.1 Å². The third-order valence-corrected chi connectivity index (χ3v) is 5.96. The first-order valence-corrected chi connectivity index (χ1v) is 9.80. The number of benzene rings is 1. The Bertz CT molecular complexity index is 887. The summed E-state index contributed by atoms with van der Waals surface area (Å²) in [6, 6.07) is 7.23. The van der Waals surface area contributed by atoms with Crippen LogP contribution in [0.5, 0.6) is 0 Å². The predicted octanol–water partition coefficient (Wildman–Crippen LogP) is 4.29. The molecule has 2 atom stereocenters. The summed E-state index contributed by atoms with van der Waals surface area (Å²) in [6.07, 6.45) is -4.34. The lowest BCUT2D eigenvalue weighted by molar-refractivity contribution is -0.187. The van der Waals surface area contributed by atoms with Crippen LogP contribution in [0.3, 0.4) is 0 Å². The number of amides is 1. The Kier molecular flexibility index (Phi) is 5.11. The number of carbonyl (C=O) groups is 1. The topological polar surface area (TPSA) is 49.6 Å². The summed E-state index contributed by atoms with van der Waals surface area (Å²) >= 11 is 5.79. The second kappa shape index (κ2) is 7.32. The van der Waals surface area contributed by atoms with Crippen molar-refractivity contribution in [2.24, 2.45) is 5.92 Å². The molecule has 0 bridgehead atoms. The molecule has 1 aliphatic heterocycles. The molecule has 5 nitrogen and oxygen atoms in total. The van der Waals surface area contributed by atoms with Gasteiger partial charge in [-0.25, -0.2) is 4.42 Å². The molecule has 1 saturated heterocycles. The minimum absolute atomic E-state index is 0.0260. The van der Waals surface area contributed by atoms with Crippen LogP contribution in [-0.2, 0) is 4.79 Å². The zero-order valence-electron chi connectivity index (χ0n) is 16.0. The van der Waals surface area contributed by atoms with Gasteiger partial charge in [-0.2, -0.15) is 13.2 Å². The Balaban J connectivity index is 1.49. The summed E-state index contributed by atoms with van der Waals surface area (Å²) in [5.74, 6) is -1.16. The molecular formula is C20H21ClF3N3O2. The molecule has 1 saturated carbocycles. The van der Waals surface area contributed by atoms with Gasteiger partial charge in [-0.15, -0.1) is 0 Å². The second-order valence-corrected chi connectivity index (χ2v) is 8.36. The molecule has 2 fully saturated rings. The van der Waals surface area contributed by atoms with Gasteiger partial charge in [0.1, 0.15) is 5.76 Å². The van der Waals surface area contributed by atoms with Crippen molar-refractivity contribution in [1.82, 2.24) is 14.5 Å². The summed E-state index contributed by atoms with van der Waals surface area (Å²) in [5, 5.41) is 3.95. The van der Waals surface area contributed by atoms with Crippen LogP contribution in [0.15, 0.2) is 28.8 Å². The van der Waals surface area contributed by atoms with Crippen LogP contribution in [-0.4, -0.2) is 52.2 Å². The molecule has 1 aromatic heterocycles. The van der Waals surface area contributed by atoms with Crippen molar-refractivity contribution >= 4 is 17.7 Å². The number of aromatic nitrogens is 1. The van der Waals surface area contributed by atoms with Crippen molar-refractivity contribution in [3.63, 3.8) is 0 Å². The van der Waals surface area contributed by atoms with Crippen molar-refractivity contribution in [2.75, 3.05) is 19.6 Å². The minimum atomic E-state index is -4.87. The fourth-order valence-corrected chi connectivity index (χ4v) is 4.50. The Hall–Kier alpha value is -2.06. The van der Waals surface area contributed by atoms with Crippen molar-refractivity contribution in [3.8, 4) is 11.1 Å². The first-order valence-electron chi connectivity index (χ1n) is 9.47. The Morgan fingerprint density at radius 1 is 1.28 bits per heavy atom. The van der Waals surface area contributed by atoms with Crippen molar-refractivity contribution in [1.29, 1.82) is 0 Å². The lowest BCUT2D eigenvalue weighted by atomic mass is 10.0. The van der Waals surface area contributed by atoms with Gasteiger partial charge in [0.25, 0.3) is 0 Å². The summed E-state index contributed by atoms with van der Waals surface area (Å²) in [5.41, 5.74) is 3.59. The molecule has 156 valence electrons. The van der Waals surface area contributed by atoms with Crippen LogP contribution in [0, 0.1) is 19.8 Å². The van der Waals surface area contributed by atoms with E-state index in [1.165, 1.54) is 4.42 Å². The van der Waals surface area contributed by atoms with Crippen molar-refractivity contribution < 1.29 is 22.5 Å². The molecule has 2 aromatic rings. The quantitative estimate of drug-likeness (QED) is 0.668. The highest BCUT2D eigenvalue weighted by atomic mass is 35.5. The normalized spacial score (nSPS) is 22.4. The lowest BCUT2D eigenvalue weighted by Crippen LogP contribution is -2.52. The van der Waals surface area contributed by atoms with Crippen LogP contribution < -0.4 is 0 Å². The highest BCUT2D eigenvalue weighted by Crippen LogP contribution is 2.46. The van der Waals surface area contributed by atoms with E-state index in [1.54, 1.807) is 0 Å². The third-order valence-electron chi connectivity index (χ3n) is 5.69. The van der Waals surface area contributed by atoms with Gasteiger partial charge in [-0.1, -0.05) is 29.4 Å². The van der Waals surface area contributed by atoms with Crippen LogP contribution in [0.25, 0.3) is 11.1 Å². The largest absolute Gasteiger partial charge is 0.471 e. The fourth-order valence-electron chi connectivity index (χ4n) is 4.11. The van der Waals surface area contributed by atoms with Gasteiger partial charge in [-0.05, 0) is 43.2 Å². The van der Waals surface area contributed by atoms with E-state index < -0.39 is 18.1 Å². The monoisotopic (exact) mass is 427 g/mol. The lowest BCUT2D eigenvalue weighted by Gasteiger charge is -2.37. The molecule has 4 rings (SSSR count). The Morgan fingerprint density at radius 3 is 2.45 bits per heavy atom. The molecular weight excluding hydrogens is 407 g/mol. The van der Waals surface area contributed by atoms with Crippen LogP contribution in [0.1, 0.15) is 29.4 Å². The average molecular weight is 428 g/mol. The molecule has 1 aliphatic carbocycles. The second-order valence-electron chi connectivity index (χ2n) is 7.88. The molecule has 9 heteroatoms. The standard InChI is InChI=1S/C20H21ClF3N3O2/c1-11-18(12(2)29-25-11)15-5-3-14(4-6-15)16-7-17(16)27(19(28)20(22,23)24)10-13-8-26(21)9-13/h3-6,13,16-17H,7-10H2,1-2H3. The Morgan fingerprint density at radius 2 is 1.93 bits per heavy atom. The van der Waals surface area contributed by atoms with Gasteiger partial charge in [-0.3, -0.25) is 4.79 Å². The highest BCUT2D eigenvalue weighted by Gasteiger charge is 2.52. The molecule has 0 spiro atoms. The number of alkyl halides is 3. The number of aryl methyl sites for hydroxylation is 2. The summed E-state index contributed by atoms with van der Waals surface area (Å²) < 4.78 is 46.0. The van der Waals surface area contributed by atoms with Crippen LogP contribution in [0.2, 0.25) is 0 Å². The first-order chi connectivity index (χ1) is 13.6. The summed E-state index contributed by atoms with van der Waals surface area (Å²) in [4.78, 5) is 13.0. The smallest absolute Gasteiger partial charge is 0.361 e. The number of rotatable bonds is 5. The van der Waals surface area contributed by atoms with Gasteiger partial charge < -0.3 is 9.42 Å². The first kappa shape index (κ1) is 20.2. The van der Waals surface area contributed by atoms with Crippen LogP contribution in [0.4, 0.5) is 13.2 Å². The molecule has 29 heavy (non-hydrogen) atoms.